The van der Waals surface area contributed by atoms with Crippen LogP contribution in [0.5, 0.6) is 0 Å². The van der Waals surface area contributed by atoms with E-state index in [4.69, 9.17) is 4.74 Å². The Hall–Kier alpha value is -0.570. The van der Waals surface area contributed by atoms with Gasteiger partial charge < -0.3 is 10.1 Å². The highest BCUT2D eigenvalue weighted by Gasteiger charge is 2.61. The lowest BCUT2D eigenvalue weighted by Crippen LogP contribution is -2.61. The molecule has 0 radical (unpaired) electrons. The van der Waals surface area contributed by atoms with E-state index < -0.39 is 0 Å². The van der Waals surface area contributed by atoms with Crippen molar-refractivity contribution in [3.05, 3.63) is 0 Å². The number of carbonyl (C=O) groups is 1. The average molecular weight is 332 g/mol. The van der Waals surface area contributed by atoms with Gasteiger partial charge in [0.05, 0.1) is 12.2 Å². The third kappa shape index (κ3) is 2.15. The Morgan fingerprint density at radius 1 is 0.917 bits per heavy atom. The van der Waals surface area contributed by atoms with Crippen molar-refractivity contribution < 1.29 is 9.53 Å². The number of ether oxygens (including phenoxy) is 1. The summed E-state index contributed by atoms with van der Waals surface area (Å²) in [5, 5.41) is 3.34. The maximum absolute atomic E-state index is 11.9. The molecule has 4 aliphatic carbocycles. The second-order valence-electron chi connectivity index (χ2n) is 10.0. The fourth-order valence-electron chi connectivity index (χ4n) is 7.31. The quantitative estimate of drug-likeness (QED) is 0.829. The van der Waals surface area contributed by atoms with Crippen molar-refractivity contribution >= 4 is 5.91 Å². The number of rotatable bonds is 2. The first-order valence-electron chi connectivity index (χ1n) is 10.5. The van der Waals surface area contributed by atoms with E-state index in [1.165, 1.54) is 51.4 Å². The second kappa shape index (κ2) is 5.22. The van der Waals surface area contributed by atoms with Gasteiger partial charge in [-0.25, -0.2) is 0 Å². The van der Waals surface area contributed by atoms with E-state index in [1.54, 1.807) is 0 Å². The van der Waals surface area contributed by atoms with Crippen LogP contribution in [-0.4, -0.2) is 24.2 Å². The van der Waals surface area contributed by atoms with Crippen LogP contribution in [0.25, 0.3) is 0 Å². The molecule has 7 atom stereocenters. The number of amides is 1. The molecule has 4 saturated carbocycles. The lowest BCUT2D eigenvalue weighted by atomic mass is 9.47. The van der Waals surface area contributed by atoms with Gasteiger partial charge in [0.1, 0.15) is 0 Å². The molecule has 1 amide bonds. The minimum absolute atomic E-state index is 0.287. The Morgan fingerprint density at radius 3 is 2.50 bits per heavy atom. The van der Waals surface area contributed by atoms with E-state index in [0.717, 1.165) is 30.6 Å². The van der Waals surface area contributed by atoms with Crippen molar-refractivity contribution in [2.24, 2.45) is 28.6 Å². The molecule has 3 nitrogen and oxygen atoms in total. The highest BCUT2D eigenvalue weighted by molar-refractivity contribution is 5.77. The monoisotopic (exact) mass is 331 g/mol. The SMILES string of the molecule is C[C@]12CCC(=O)NC1CC[C@@H]1[C@H]2CC[C@]2(C)C(OC3CC3)CC[C@@H]12. The summed E-state index contributed by atoms with van der Waals surface area (Å²) in [6.45, 7) is 5.04. The summed E-state index contributed by atoms with van der Waals surface area (Å²) in [6.07, 6.45) is 13.4. The van der Waals surface area contributed by atoms with Crippen LogP contribution >= 0.6 is 0 Å². The lowest BCUT2D eigenvalue weighted by molar-refractivity contribution is -0.141. The Bertz CT molecular complexity index is 544. The Balaban J connectivity index is 1.39. The van der Waals surface area contributed by atoms with Gasteiger partial charge in [0, 0.05) is 12.5 Å². The average Bonchev–Trinajstić information content (AvgIpc) is 3.31. The Kier molecular flexibility index (Phi) is 3.41. The lowest BCUT2D eigenvalue weighted by Gasteiger charge is -2.60. The molecule has 5 rings (SSSR count). The van der Waals surface area contributed by atoms with Crippen LogP contribution in [0, 0.1) is 28.6 Å². The second-order valence-corrected chi connectivity index (χ2v) is 10.0. The molecule has 0 aromatic carbocycles. The summed E-state index contributed by atoms with van der Waals surface area (Å²) in [6, 6.07) is 0.435. The van der Waals surface area contributed by atoms with Crippen LogP contribution in [-0.2, 0) is 9.53 Å². The van der Waals surface area contributed by atoms with Gasteiger partial charge in [0.2, 0.25) is 5.91 Å². The smallest absolute Gasteiger partial charge is 0.220 e. The van der Waals surface area contributed by atoms with Crippen LogP contribution in [0.1, 0.15) is 78.1 Å². The zero-order chi connectivity index (χ0) is 16.5. The predicted octanol–water partition coefficient (Wildman–Crippen LogP) is 4.06. The van der Waals surface area contributed by atoms with Crippen molar-refractivity contribution in [2.45, 2.75) is 96.3 Å². The third-order valence-corrected chi connectivity index (χ3v) is 8.89. The number of piperidine rings is 1. The fourth-order valence-corrected chi connectivity index (χ4v) is 7.31. The minimum atomic E-state index is 0.287. The molecule has 2 unspecified atom stereocenters. The summed E-state index contributed by atoms with van der Waals surface area (Å²) in [5.74, 6) is 2.83. The Labute approximate surface area is 146 Å². The highest BCUT2D eigenvalue weighted by atomic mass is 16.5. The molecule has 1 aliphatic heterocycles. The van der Waals surface area contributed by atoms with Gasteiger partial charge in [0.25, 0.3) is 0 Å². The first kappa shape index (κ1) is 15.7. The molecule has 24 heavy (non-hydrogen) atoms. The molecule has 5 aliphatic rings. The number of hydrogen-bond acceptors (Lipinski definition) is 2. The fraction of sp³-hybridized carbons (Fsp3) is 0.952. The summed E-state index contributed by atoms with van der Waals surface area (Å²) in [4.78, 5) is 11.9. The molecule has 1 N–H and O–H groups in total. The molecule has 1 saturated heterocycles. The van der Waals surface area contributed by atoms with E-state index in [-0.39, 0.29) is 5.91 Å². The number of hydrogen-bond donors (Lipinski definition) is 1. The molecule has 1 heterocycles. The topological polar surface area (TPSA) is 38.3 Å². The van der Waals surface area contributed by atoms with Gasteiger partial charge in [-0.3, -0.25) is 4.79 Å². The standard InChI is InChI=1S/C21H33NO2/c1-20-12-10-19(23)22-17(20)7-5-14-15-6-8-18(24-13-3-4-13)21(15,2)11-9-16(14)20/h13-18H,3-12H2,1-2H3,(H,22,23)/t14-,15-,16+,17?,18?,20+,21-/m0/s1. The molecule has 3 heteroatoms. The molecule has 0 bridgehead atoms. The first-order chi connectivity index (χ1) is 11.5. The van der Waals surface area contributed by atoms with Crippen LogP contribution in [0.4, 0.5) is 0 Å². The molecular formula is C21H33NO2. The van der Waals surface area contributed by atoms with Crippen molar-refractivity contribution in [1.82, 2.24) is 5.32 Å². The number of nitrogens with one attached hydrogen (secondary N) is 1. The molecule has 0 spiro atoms. The molecule has 0 aromatic rings. The summed E-state index contributed by atoms with van der Waals surface area (Å²) in [5.41, 5.74) is 0.762. The predicted molar refractivity (Wildman–Crippen MR) is 93.4 cm³/mol. The van der Waals surface area contributed by atoms with Crippen LogP contribution in [0.2, 0.25) is 0 Å². The van der Waals surface area contributed by atoms with Crippen molar-refractivity contribution in [2.75, 3.05) is 0 Å². The maximum atomic E-state index is 11.9. The van der Waals surface area contributed by atoms with Crippen molar-refractivity contribution in [3.8, 4) is 0 Å². The van der Waals surface area contributed by atoms with Crippen molar-refractivity contribution in [3.63, 3.8) is 0 Å². The molecule has 0 aromatic heterocycles. The molecule has 134 valence electrons. The third-order valence-electron chi connectivity index (χ3n) is 8.89. The highest BCUT2D eigenvalue weighted by Crippen LogP contribution is 2.64. The largest absolute Gasteiger partial charge is 0.374 e. The van der Waals surface area contributed by atoms with E-state index in [9.17, 15) is 4.79 Å². The summed E-state index contributed by atoms with van der Waals surface area (Å²) >= 11 is 0. The van der Waals surface area contributed by atoms with Crippen LogP contribution in [0.3, 0.4) is 0 Å². The van der Waals surface area contributed by atoms with Crippen LogP contribution < -0.4 is 5.32 Å². The van der Waals surface area contributed by atoms with Gasteiger partial charge in [-0.2, -0.15) is 0 Å². The zero-order valence-corrected chi connectivity index (χ0v) is 15.4. The first-order valence-corrected chi connectivity index (χ1v) is 10.5. The van der Waals surface area contributed by atoms with Crippen LogP contribution in [0.15, 0.2) is 0 Å². The molecule has 5 fully saturated rings. The van der Waals surface area contributed by atoms with Gasteiger partial charge in [-0.05, 0) is 86.4 Å². The normalized spacial score (nSPS) is 53.8. The summed E-state index contributed by atoms with van der Waals surface area (Å²) < 4.78 is 6.46. The van der Waals surface area contributed by atoms with E-state index >= 15 is 0 Å². The minimum Gasteiger partial charge on any atom is -0.374 e. The molecular weight excluding hydrogens is 298 g/mol. The van der Waals surface area contributed by atoms with Gasteiger partial charge in [-0.15, -0.1) is 0 Å². The number of fused-ring (bicyclic) bond motifs is 5. The Morgan fingerprint density at radius 2 is 1.71 bits per heavy atom. The number of carbonyl (C=O) groups excluding carboxylic acids is 1. The van der Waals surface area contributed by atoms with Gasteiger partial charge >= 0.3 is 0 Å². The van der Waals surface area contributed by atoms with Crippen molar-refractivity contribution in [1.29, 1.82) is 0 Å². The zero-order valence-electron chi connectivity index (χ0n) is 15.4. The van der Waals surface area contributed by atoms with Gasteiger partial charge in [-0.1, -0.05) is 13.8 Å². The van der Waals surface area contributed by atoms with E-state index in [1.807, 2.05) is 0 Å². The van der Waals surface area contributed by atoms with E-state index in [0.29, 0.717) is 29.1 Å². The summed E-state index contributed by atoms with van der Waals surface area (Å²) in [7, 11) is 0. The maximum Gasteiger partial charge on any atom is 0.220 e. The van der Waals surface area contributed by atoms with Gasteiger partial charge in [0.15, 0.2) is 0 Å². The van der Waals surface area contributed by atoms with E-state index in [2.05, 4.69) is 19.2 Å².